The van der Waals surface area contributed by atoms with Gasteiger partial charge in [-0.2, -0.15) is 0 Å². The lowest BCUT2D eigenvalue weighted by molar-refractivity contribution is -0.159. The Morgan fingerprint density at radius 3 is 2.50 bits per heavy atom. The molecule has 0 bridgehead atoms. The van der Waals surface area contributed by atoms with Crippen molar-refractivity contribution in [3.8, 4) is 0 Å². The normalized spacial score (nSPS) is 42.6. The molecule has 0 spiro atoms. The van der Waals surface area contributed by atoms with Gasteiger partial charge in [0, 0.05) is 12.6 Å². The van der Waals surface area contributed by atoms with Gasteiger partial charge in [0.15, 0.2) is 0 Å². The highest BCUT2D eigenvalue weighted by atomic mass is 16.2. The topological polar surface area (TPSA) is 40.6 Å². The first-order valence-electron chi connectivity index (χ1n) is 6.24. The van der Waals surface area contributed by atoms with Gasteiger partial charge in [-0.3, -0.25) is 9.59 Å². The molecule has 1 saturated carbocycles. The number of rotatable bonds is 1. The number of hydrogen-bond donors (Lipinski definition) is 0. The molecule has 0 aromatic heterocycles. The van der Waals surface area contributed by atoms with Gasteiger partial charge in [-0.1, -0.05) is 6.92 Å². The lowest BCUT2D eigenvalue weighted by Crippen LogP contribution is -2.62. The van der Waals surface area contributed by atoms with Crippen molar-refractivity contribution in [1.29, 1.82) is 0 Å². The van der Waals surface area contributed by atoms with E-state index in [-0.39, 0.29) is 23.9 Å². The molecule has 2 aliphatic heterocycles. The van der Waals surface area contributed by atoms with Crippen LogP contribution in [0.25, 0.3) is 0 Å². The van der Waals surface area contributed by atoms with E-state index in [1.165, 1.54) is 0 Å². The van der Waals surface area contributed by atoms with E-state index >= 15 is 0 Å². The summed E-state index contributed by atoms with van der Waals surface area (Å²) in [5.74, 6) is 0.923. The average Bonchev–Trinajstić information content (AvgIpc) is 2.81. The van der Waals surface area contributed by atoms with Crippen LogP contribution in [-0.2, 0) is 9.59 Å². The fourth-order valence-corrected chi connectivity index (χ4v) is 3.15. The Bertz CT molecular complexity index is 355. The summed E-state index contributed by atoms with van der Waals surface area (Å²) in [5, 5.41) is 0. The standard InChI is InChI=1S/C12H18N2O2/c1-7-6-10(7)14-8(2)11(15)13-5-3-4-9(13)12(14)16/h7-10H,3-6H2,1-2H3. The van der Waals surface area contributed by atoms with Crippen LogP contribution in [-0.4, -0.2) is 46.3 Å². The molecule has 4 atom stereocenters. The third kappa shape index (κ3) is 1.22. The fraction of sp³-hybridized carbons (Fsp3) is 0.833. The minimum absolute atomic E-state index is 0.142. The Balaban J connectivity index is 1.89. The third-order valence-corrected chi connectivity index (χ3v) is 4.27. The van der Waals surface area contributed by atoms with Crippen molar-refractivity contribution >= 4 is 11.8 Å². The van der Waals surface area contributed by atoms with Crippen molar-refractivity contribution < 1.29 is 9.59 Å². The number of hydrogen-bond acceptors (Lipinski definition) is 2. The van der Waals surface area contributed by atoms with E-state index in [0.717, 1.165) is 25.8 Å². The number of amides is 2. The molecule has 3 aliphatic rings. The van der Waals surface area contributed by atoms with E-state index in [0.29, 0.717) is 12.0 Å². The molecule has 88 valence electrons. The van der Waals surface area contributed by atoms with Crippen molar-refractivity contribution in [1.82, 2.24) is 9.80 Å². The molecule has 2 amide bonds. The Kier molecular flexibility index (Phi) is 2.03. The van der Waals surface area contributed by atoms with Crippen LogP contribution in [0.1, 0.15) is 33.1 Å². The van der Waals surface area contributed by atoms with Crippen LogP contribution in [0.3, 0.4) is 0 Å². The lowest BCUT2D eigenvalue weighted by Gasteiger charge is -2.41. The van der Waals surface area contributed by atoms with Crippen LogP contribution in [0.2, 0.25) is 0 Å². The number of piperazine rings is 1. The zero-order valence-electron chi connectivity index (χ0n) is 9.85. The minimum Gasteiger partial charge on any atom is -0.329 e. The van der Waals surface area contributed by atoms with E-state index in [1.54, 1.807) is 4.90 Å². The summed E-state index contributed by atoms with van der Waals surface area (Å²) >= 11 is 0. The van der Waals surface area contributed by atoms with Gasteiger partial charge in [-0.25, -0.2) is 0 Å². The summed E-state index contributed by atoms with van der Waals surface area (Å²) in [7, 11) is 0. The number of carbonyl (C=O) groups excluding carboxylic acids is 2. The quantitative estimate of drug-likeness (QED) is 0.652. The molecular weight excluding hydrogens is 204 g/mol. The summed E-state index contributed by atoms with van der Waals surface area (Å²) in [6, 6.07) is -0.0532. The first kappa shape index (κ1) is 10.1. The molecule has 4 nitrogen and oxygen atoms in total. The Labute approximate surface area is 95.6 Å². The van der Waals surface area contributed by atoms with Gasteiger partial charge in [0.1, 0.15) is 12.1 Å². The minimum atomic E-state index is -0.239. The molecule has 4 unspecified atom stereocenters. The molecule has 0 aromatic carbocycles. The molecule has 0 aromatic rings. The van der Waals surface area contributed by atoms with Gasteiger partial charge < -0.3 is 9.80 Å². The van der Waals surface area contributed by atoms with Crippen molar-refractivity contribution in [2.24, 2.45) is 5.92 Å². The maximum atomic E-state index is 12.3. The molecule has 3 fully saturated rings. The van der Waals surface area contributed by atoms with Crippen LogP contribution in [0.5, 0.6) is 0 Å². The van der Waals surface area contributed by atoms with E-state index in [9.17, 15) is 9.59 Å². The predicted molar refractivity (Wildman–Crippen MR) is 58.6 cm³/mol. The van der Waals surface area contributed by atoms with Gasteiger partial charge in [0.2, 0.25) is 11.8 Å². The monoisotopic (exact) mass is 222 g/mol. The van der Waals surface area contributed by atoms with Crippen LogP contribution < -0.4 is 0 Å². The van der Waals surface area contributed by atoms with Gasteiger partial charge in [0.05, 0.1) is 0 Å². The van der Waals surface area contributed by atoms with Gasteiger partial charge in [-0.15, -0.1) is 0 Å². The first-order valence-corrected chi connectivity index (χ1v) is 6.24. The molecule has 2 heterocycles. The summed E-state index contributed by atoms with van der Waals surface area (Å²) in [6.07, 6.45) is 2.90. The van der Waals surface area contributed by atoms with Crippen LogP contribution in [0, 0.1) is 5.92 Å². The molecule has 0 radical (unpaired) electrons. The SMILES string of the molecule is CC1CC1N1C(=O)C2CCCN2C(=O)C1C. The summed E-state index contributed by atoms with van der Waals surface area (Å²) in [5.41, 5.74) is 0. The third-order valence-electron chi connectivity index (χ3n) is 4.27. The van der Waals surface area contributed by atoms with Crippen LogP contribution in [0.4, 0.5) is 0 Å². The summed E-state index contributed by atoms with van der Waals surface area (Å²) in [6.45, 7) is 4.80. The molecular formula is C12H18N2O2. The van der Waals surface area contributed by atoms with Gasteiger partial charge in [-0.05, 0) is 32.1 Å². The van der Waals surface area contributed by atoms with Crippen molar-refractivity contribution in [2.45, 2.75) is 51.2 Å². The lowest BCUT2D eigenvalue weighted by atomic mass is 10.1. The van der Waals surface area contributed by atoms with E-state index in [4.69, 9.17) is 0 Å². The first-order chi connectivity index (χ1) is 7.61. The highest BCUT2D eigenvalue weighted by Crippen LogP contribution is 2.40. The molecule has 3 rings (SSSR count). The van der Waals surface area contributed by atoms with E-state index in [2.05, 4.69) is 6.92 Å². The molecule has 2 saturated heterocycles. The van der Waals surface area contributed by atoms with Crippen LogP contribution in [0.15, 0.2) is 0 Å². The fourth-order valence-electron chi connectivity index (χ4n) is 3.15. The van der Waals surface area contributed by atoms with Gasteiger partial charge >= 0.3 is 0 Å². The van der Waals surface area contributed by atoms with Crippen molar-refractivity contribution in [2.75, 3.05) is 6.54 Å². The zero-order valence-corrected chi connectivity index (χ0v) is 9.85. The second kappa shape index (κ2) is 3.22. The van der Waals surface area contributed by atoms with E-state index in [1.807, 2.05) is 11.8 Å². The largest absolute Gasteiger partial charge is 0.329 e. The van der Waals surface area contributed by atoms with Crippen LogP contribution >= 0.6 is 0 Å². The molecule has 1 aliphatic carbocycles. The second-order valence-electron chi connectivity index (χ2n) is 5.39. The van der Waals surface area contributed by atoms with E-state index < -0.39 is 0 Å². The number of nitrogens with zero attached hydrogens (tertiary/aromatic N) is 2. The number of carbonyl (C=O) groups is 2. The van der Waals surface area contributed by atoms with Crippen molar-refractivity contribution in [3.63, 3.8) is 0 Å². The highest BCUT2D eigenvalue weighted by molar-refractivity contribution is 5.97. The average molecular weight is 222 g/mol. The predicted octanol–water partition coefficient (Wildman–Crippen LogP) is 0.616. The Morgan fingerprint density at radius 2 is 1.88 bits per heavy atom. The summed E-state index contributed by atoms with van der Waals surface area (Å²) < 4.78 is 0. The second-order valence-corrected chi connectivity index (χ2v) is 5.39. The molecule has 16 heavy (non-hydrogen) atoms. The maximum Gasteiger partial charge on any atom is 0.246 e. The zero-order chi connectivity index (χ0) is 11.4. The van der Waals surface area contributed by atoms with Gasteiger partial charge in [0.25, 0.3) is 0 Å². The maximum absolute atomic E-state index is 12.3. The number of fused-ring (bicyclic) bond motifs is 1. The molecule has 0 N–H and O–H groups in total. The van der Waals surface area contributed by atoms with Crippen molar-refractivity contribution in [3.05, 3.63) is 0 Å². The Hall–Kier alpha value is -1.06. The molecule has 4 heteroatoms. The highest BCUT2D eigenvalue weighted by Gasteiger charge is 2.52. The smallest absolute Gasteiger partial charge is 0.246 e. The summed E-state index contributed by atoms with van der Waals surface area (Å²) in [4.78, 5) is 28.1. The Morgan fingerprint density at radius 1 is 1.19 bits per heavy atom.